The van der Waals surface area contributed by atoms with Crippen LogP contribution in [0.4, 0.5) is 0 Å². The summed E-state index contributed by atoms with van der Waals surface area (Å²) in [6.07, 6.45) is 0. The standard InChI is InChI=1S/C8H8BBrO3/c1-5(11)6-2-7(9(12)13)4-8(10)3-6/h2-4,12-13H,1H3. The lowest BCUT2D eigenvalue weighted by Crippen LogP contribution is -2.30. The molecule has 0 aliphatic heterocycles. The SMILES string of the molecule is CC(=O)c1cc(Br)cc(B(O)O)c1. The quantitative estimate of drug-likeness (QED) is 0.581. The first-order valence-corrected chi connectivity index (χ1v) is 4.47. The van der Waals surface area contributed by atoms with Crippen LogP contribution in [0, 0.1) is 0 Å². The van der Waals surface area contributed by atoms with Gasteiger partial charge in [-0.1, -0.05) is 22.0 Å². The summed E-state index contributed by atoms with van der Waals surface area (Å²) in [6.45, 7) is 1.43. The highest BCUT2D eigenvalue weighted by molar-refractivity contribution is 9.10. The summed E-state index contributed by atoms with van der Waals surface area (Å²) in [5.41, 5.74) is 0.761. The minimum Gasteiger partial charge on any atom is -0.423 e. The molecule has 0 amide bonds. The lowest BCUT2D eigenvalue weighted by atomic mass is 9.79. The van der Waals surface area contributed by atoms with E-state index in [1.807, 2.05) is 0 Å². The predicted molar refractivity (Wildman–Crippen MR) is 54.0 cm³/mol. The molecule has 0 aliphatic carbocycles. The van der Waals surface area contributed by atoms with E-state index in [2.05, 4.69) is 15.9 Å². The van der Waals surface area contributed by atoms with Gasteiger partial charge in [0.05, 0.1) is 0 Å². The summed E-state index contributed by atoms with van der Waals surface area (Å²) in [4.78, 5) is 11.0. The highest BCUT2D eigenvalue weighted by Gasteiger charge is 2.13. The molecule has 0 heterocycles. The molecule has 0 spiro atoms. The highest BCUT2D eigenvalue weighted by Crippen LogP contribution is 2.11. The Morgan fingerprint density at radius 1 is 1.38 bits per heavy atom. The maximum Gasteiger partial charge on any atom is 0.488 e. The summed E-state index contributed by atoms with van der Waals surface area (Å²) in [6, 6.07) is 4.64. The average molecular weight is 243 g/mol. The molecule has 5 heteroatoms. The first-order chi connectivity index (χ1) is 6.00. The van der Waals surface area contributed by atoms with E-state index in [9.17, 15) is 4.79 Å². The van der Waals surface area contributed by atoms with Crippen LogP contribution in [-0.4, -0.2) is 22.9 Å². The molecule has 2 N–H and O–H groups in total. The van der Waals surface area contributed by atoms with Crippen LogP contribution in [0.15, 0.2) is 22.7 Å². The van der Waals surface area contributed by atoms with Crippen molar-refractivity contribution in [2.45, 2.75) is 6.92 Å². The molecule has 0 saturated carbocycles. The molecule has 3 nitrogen and oxygen atoms in total. The second-order valence-electron chi connectivity index (χ2n) is 2.70. The van der Waals surface area contributed by atoms with E-state index in [4.69, 9.17) is 10.0 Å². The second-order valence-corrected chi connectivity index (χ2v) is 3.62. The van der Waals surface area contributed by atoms with Gasteiger partial charge in [0.15, 0.2) is 5.78 Å². The van der Waals surface area contributed by atoms with Gasteiger partial charge in [-0.25, -0.2) is 0 Å². The smallest absolute Gasteiger partial charge is 0.423 e. The number of benzene rings is 1. The Bertz CT molecular complexity index is 338. The molecule has 0 aromatic heterocycles. The summed E-state index contributed by atoms with van der Waals surface area (Å²) < 4.78 is 0.656. The lowest BCUT2D eigenvalue weighted by molar-refractivity contribution is 0.101. The maximum atomic E-state index is 11.0. The van der Waals surface area contributed by atoms with Gasteiger partial charge in [-0.2, -0.15) is 0 Å². The van der Waals surface area contributed by atoms with Crippen LogP contribution in [0.1, 0.15) is 17.3 Å². The summed E-state index contributed by atoms with van der Waals surface area (Å²) in [5, 5.41) is 17.8. The number of rotatable bonds is 2. The number of carbonyl (C=O) groups is 1. The molecule has 0 saturated heterocycles. The molecule has 13 heavy (non-hydrogen) atoms. The normalized spacial score (nSPS) is 9.85. The number of Topliss-reactive ketones (excluding diaryl/α,β-unsaturated/α-hetero) is 1. The van der Waals surface area contributed by atoms with Crippen molar-refractivity contribution in [2.75, 3.05) is 0 Å². The molecule has 1 rings (SSSR count). The third-order valence-corrected chi connectivity index (χ3v) is 2.08. The van der Waals surface area contributed by atoms with Gasteiger partial charge < -0.3 is 10.0 Å². The largest absolute Gasteiger partial charge is 0.488 e. The van der Waals surface area contributed by atoms with Gasteiger partial charge in [-0.15, -0.1) is 0 Å². The molecular formula is C8H8BBrO3. The molecular weight excluding hydrogens is 235 g/mol. The van der Waals surface area contributed by atoms with Gasteiger partial charge in [0.1, 0.15) is 0 Å². The van der Waals surface area contributed by atoms with Crippen LogP contribution in [0.25, 0.3) is 0 Å². The third kappa shape index (κ3) is 2.65. The summed E-state index contributed by atoms with van der Waals surface area (Å²) in [5.74, 6) is -0.108. The van der Waals surface area contributed by atoms with Crippen LogP contribution >= 0.6 is 15.9 Å². The van der Waals surface area contributed by atoms with E-state index >= 15 is 0 Å². The second kappa shape index (κ2) is 4.04. The molecule has 1 aromatic rings. The Hall–Kier alpha value is -0.645. The fourth-order valence-electron chi connectivity index (χ4n) is 0.965. The van der Waals surface area contributed by atoms with E-state index in [-0.39, 0.29) is 5.78 Å². The van der Waals surface area contributed by atoms with Gasteiger partial charge in [0.2, 0.25) is 0 Å². The predicted octanol–water partition coefficient (Wildman–Crippen LogP) is 0.331. The highest BCUT2D eigenvalue weighted by atomic mass is 79.9. The van der Waals surface area contributed by atoms with Gasteiger partial charge >= 0.3 is 7.12 Å². The van der Waals surface area contributed by atoms with Crippen LogP contribution in [0.5, 0.6) is 0 Å². The number of hydrogen-bond donors (Lipinski definition) is 2. The van der Waals surface area contributed by atoms with E-state index in [0.29, 0.717) is 15.5 Å². The van der Waals surface area contributed by atoms with E-state index in [1.165, 1.54) is 13.0 Å². The zero-order valence-electron chi connectivity index (χ0n) is 6.99. The third-order valence-electron chi connectivity index (χ3n) is 1.62. The van der Waals surface area contributed by atoms with Crippen molar-refractivity contribution in [2.24, 2.45) is 0 Å². The zero-order valence-corrected chi connectivity index (χ0v) is 8.58. The molecule has 0 unspecified atom stereocenters. The van der Waals surface area contributed by atoms with Crippen LogP contribution < -0.4 is 5.46 Å². The van der Waals surface area contributed by atoms with Gasteiger partial charge in [-0.3, -0.25) is 4.79 Å². The van der Waals surface area contributed by atoms with Crippen LogP contribution in [0.3, 0.4) is 0 Å². The van der Waals surface area contributed by atoms with E-state index in [1.54, 1.807) is 12.1 Å². The van der Waals surface area contributed by atoms with Gasteiger partial charge in [0, 0.05) is 10.0 Å². The Labute approximate surface area is 84.7 Å². The molecule has 1 aromatic carbocycles. The zero-order chi connectivity index (χ0) is 10.0. The number of hydrogen-bond acceptors (Lipinski definition) is 3. The monoisotopic (exact) mass is 242 g/mol. The maximum absolute atomic E-state index is 11.0. The molecule has 0 aliphatic rings. The first-order valence-electron chi connectivity index (χ1n) is 3.68. The number of halogens is 1. The summed E-state index contributed by atoms with van der Waals surface area (Å²) >= 11 is 3.18. The van der Waals surface area contributed by atoms with Crippen LogP contribution in [-0.2, 0) is 0 Å². The fourth-order valence-corrected chi connectivity index (χ4v) is 1.48. The molecule has 0 atom stereocenters. The molecule has 0 fully saturated rings. The van der Waals surface area contributed by atoms with Gasteiger partial charge in [0.25, 0.3) is 0 Å². The minimum atomic E-state index is -1.55. The first kappa shape index (κ1) is 10.4. The minimum absolute atomic E-state index is 0.108. The van der Waals surface area contributed by atoms with E-state index in [0.717, 1.165) is 0 Å². The fraction of sp³-hybridized carbons (Fsp3) is 0.125. The van der Waals surface area contributed by atoms with Crippen molar-refractivity contribution in [3.05, 3.63) is 28.2 Å². The van der Waals surface area contributed by atoms with Crippen molar-refractivity contribution in [1.82, 2.24) is 0 Å². The van der Waals surface area contributed by atoms with Crippen molar-refractivity contribution in [3.63, 3.8) is 0 Å². The van der Waals surface area contributed by atoms with Crippen molar-refractivity contribution in [1.29, 1.82) is 0 Å². The van der Waals surface area contributed by atoms with Crippen molar-refractivity contribution in [3.8, 4) is 0 Å². The molecule has 68 valence electrons. The Morgan fingerprint density at radius 3 is 2.46 bits per heavy atom. The Balaban J connectivity index is 3.19. The number of carbonyl (C=O) groups excluding carboxylic acids is 1. The Kier molecular flexibility index (Phi) is 3.25. The Morgan fingerprint density at radius 2 is 2.00 bits per heavy atom. The molecule has 0 radical (unpaired) electrons. The van der Waals surface area contributed by atoms with Crippen molar-refractivity contribution < 1.29 is 14.8 Å². The van der Waals surface area contributed by atoms with Crippen LogP contribution in [0.2, 0.25) is 0 Å². The molecule has 0 bridgehead atoms. The van der Waals surface area contributed by atoms with E-state index < -0.39 is 7.12 Å². The lowest BCUT2D eigenvalue weighted by Gasteiger charge is -2.02. The number of ketones is 1. The van der Waals surface area contributed by atoms with Gasteiger partial charge in [-0.05, 0) is 24.5 Å². The summed E-state index contributed by atoms with van der Waals surface area (Å²) in [7, 11) is -1.55. The topological polar surface area (TPSA) is 57.5 Å². The van der Waals surface area contributed by atoms with Crippen molar-refractivity contribution >= 4 is 34.3 Å². The average Bonchev–Trinajstić information content (AvgIpc) is 2.03.